The van der Waals surface area contributed by atoms with Gasteiger partial charge >= 0.3 is 0 Å². The van der Waals surface area contributed by atoms with Gasteiger partial charge in [-0.2, -0.15) is 0 Å². The molecule has 1 aliphatic heterocycles. The molecular formula is C20H25ClFNO4. The summed E-state index contributed by atoms with van der Waals surface area (Å²) in [5.41, 5.74) is 0.817. The van der Waals surface area contributed by atoms with Crippen molar-refractivity contribution in [2.24, 2.45) is 0 Å². The number of methoxy groups -OCH3 is 1. The number of hydrogen-bond acceptors (Lipinski definition) is 5. The Hall–Kier alpha value is -1.86. The average Bonchev–Trinajstić information content (AvgIpc) is 2.67. The summed E-state index contributed by atoms with van der Waals surface area (Å²) in [7, 11) is 1.60. The number of ether oxygens (including phenoxy) is 3. The third-order valence-corrected chi connectivity index (χ3v) is 4.32. The first-order valence-electron chi connectivity index (χ1n) is 8.68. The average molecular weight is 398 g/mol. The molecule has 2 aromatic carbocycles. The fraction of sp³-hybridized carbons (Fsp3) is 0.400. The number of halogens is 2. The van der Waals surface area contributed by atoms with E-state index in [1.807, 2.05) is 24.3 Å². The zero-order valence-electron chi connectivity index (χ0n) is 15.2. The third-order valence-electron chi connectivity index (χ3n) is 4.32. The van der Waals surface area contributed by atoms with Crippen LogP contribution in [-0.4, -0.2) is 56.1 Å². The van der Waals surface area contributed by atoms with Crippen LogP contribution in [0.1, 0.15) is 11.7 Å². The van der Waals surface area contributed by atoms with E-state index in [2.05, 4.69) is 4.90 Å². The van der Waals surface area contributed by atoms with Crippen molar-refractivity contribution in [1.29, 1.82) is 0 Å². The van der Waals surface area contributed by atoms with Crippen LogP contribution in [0.25, 0.3) is 0 Å². The van der Waals surface area contributed by atoms with E-state index in [1.165, 1.54) is 12.1 Å². The predicted molar refractivity (Wildman–Crippen MR) is 103 cm³/mol. The van der Waals surface area contributed by atoms with Gasteiger partial charge in [0.05, 0.1) is 19.8 Å². The van der Waals surface area contributed by atoms with Crippen molar-refractivity contribution >= 4 is 12.4 Å². The van der Waals surface area contributed by atoms with Gasteiger partial charge in [-0.05, 0) is 29.8 Å². The first-order valence-corrected chi connectivity index (χ1v) is 8.68. The fourth-order valence-corrected chi connectivity index (χ4v) is 3.01. The summed E-state index contributed by atoms with van der Waals surface area (Å²) in [5.74, 6) is 1.10. The molecular weight excluding hydrogens is 373 g/mol. The Morgan fingerprint density at radius 2 is 2.00 bits per heavy atom. The van der Waals surface area contributed by atoms with Crippen LogP contribution >= 0.6 is 12.4 Å². The highest BCUT2D eigenvalue weighted by Crippen LogP contribution is 2.23. The number of morpholine rings is 1. The molecule has 0 radical (unpaired) electrons. The summed E-state index contributed by atoms with van der Waals surface area (Å²) < 4.78 is 30.0. The van der Waals surface area contributed by atoms with Crippen LogP contribution in [0.4, 0.5) is 4.39 Å². The van der Waals surface area contributed by atoms with Gasteiger partial charge in [0.2, 0.25) is 0 Å². The molecule has 0 spiro atoms. The Morgan fingerprint density at radius 3 is 2.78 bits per heavy atom. The Balaban J connectivity index is 0.00000261. The minimum absolute atomic E-state index is 0. The topological polar surface area (TPSA) is 51.2 Å². The van der Waals surface area contributed by atoms with Gasteiger partial charge in [-0.25, -0.2) is 4.39 Å². The van der Waals surface area contributed by atoms with Gasteiger partial charge in [-0.3, -0.25) is 4.90 Å². The Morgan fingerprint density at radius 1 is 1.22 bits per heavy atom. The minimum atomic E-state index is -0.632. The van der Waals surface area contributed by atoms with Gasteiger partial charge in [-0.1, -0.05) is 18.2 Å². The molecule has 0 saturated carbocycles. The first kappa shape index (κ1) is 21.4. The largest absolute Gasteiger partial charge is 0.497 e. The van der Waals surface area contributed by atoms with E-state index in [9.17, 15) is 9.50 Å². The molecule has 1 N–H and O–H groups in total. The lowest BCUT2D eigenvalue weighted by atomic mass is 10.1. The number of hydrogen-bond donors (Lipinski definition) is 1. The number of aliphatic hydroxyl groups excluding tert-OH is 1. The molecule has 0 aliphatic carbocycles. The van der Waals surface area contributed by atoms with Crippen LogP contribution in [0.15, 0.2) is 48.5 Å². The smallest absolute Gasteiger partial charge is 0.123 e. The number of rotatable bonds is 7. The van der Waals surface area contributed by atoms with Crippen molar-refractivity contribution in [1.82, 2.24) is 4.90 Å². The van der Waals surface area contributed by atoms with E-state index in [-0.39, 0.29) is 30.9 Å². The summed E-state index contributed by atoms with van der Waals surface area (Å²) in [6, 6.07) is 13.7. The zero-order valence-corrected chi connectivity index (χ0v) is 16.0. The SMILES string of the molecule is COc1cccc(OCC(O)CN2CCOC(c3cccc(F)c3)C2)c1.Cl. The summed E-state index contributed by atoms with van der Waals surface area (Å²) in [5, 5.41) is 10.3. The standard InChI is InChI=1S/C20H24FNO4.ClH/c1-24-18-6-3-7-19(11-18)26-14-17(23)12-22-8-9-25-20(13-22)15-4-2-5-16(21)10-15;/h2-7,10-11,17,20,23H,8-9,12-14H2,1H3;1H. The highest BCUT2D eigenvalue weighted by molar-refractivity contribution is 5.85. The van der Waals surface area contributed by atoms with Crippen molar-refractivity contribution < 1.29 is 23.7 Å². The van der Waals surface area contributed by atoms with Crippen LogP contribution in [0.2, 0.25) is 0 Å². The molecule has 1 aliphatic rings. The second-order valence-corrected chi connectivity index (χ2v) is 6.32. The molecule has 2 aromatic rings. The van der Waals surface area contributed by atoms with E-state index in [0.717, 1.165) is 12.1 Å². The van der Waals surface area contributed by atoms with Crippen LogP contribution in [-0.2, 0) is 4.74 Å². The molecule has 1 heterocycles. The van der Waals surface area contributed by atoms with E-state index in [1.54, 1.807) is 19.2 Å². The normalized spacial score (nSPS) is 18.4. The van der Waals surface area contributed by atoms with Crippen LogP contribution < -0.4 is 9.47 Å². The molecule has 2 atom stereocenters. The maximum absolute atomic E-state index is 13.4. The Labute approximate surface area is 165 Å². The molecule has 1 fully saturated rings. The van der Waals surface area contributed by atoms with Crippen molar-refractivity contribution in [3.8, 4) is 11.5 Å². The number of β-amino-alcohol motifs (C(OH)–C–C–N with tert-alkyl or cyclic N) is 1. The molecule has 7 heteroatoms. The van der Waals surface area contributed by atoms with Gasteiger partial charge < -0.3 is 19.3 Å². The summed E-state index contributed by atoms with van der Waals surface area (Å²) in [6.45, 7) is 2.54. The van der Waals surface area contributed by atoms with Crippen LogP contribution in [0.3, 0.4) is 0 Å². The highest BCUT2D eigenvalue weighted by atomic mass is 35.5. The van der Waals surface area contributed by atoms with Gasteiger partial charge in [0.25, 0.3) is 0 Å². The lowest BCUT2D eigenvalue weighted by molar-refractivity contribution is -0.0460. The second-order valence-electron chi connectivity index (χ2n) is 6.32. The van der Waals surface area contributed by atoms with Gasteiger partial charge in [0, 0.05) is 25.7 Å². The molecule has 0 amide bonds. The molecule has 0 bridgehead atoms. The number of aliphatic hydroxyl groups is 1. The predicted octanol–water partition coefficient (Wildman–Crippen LogP) is 3.07. The van der Waals surface area contributed by atoms with Crippen molar-refractivity contribution in [3.05, 3.63) is 59.9 Å². The maximum Gasteiger partial charge on any atom is 0.123 e. The summed E-state index contributed by atoms with van der Waals surface area (Å²) in [4.78, 5) is 2.11. The van der Waals surface area contributed by atoms with Crippen molar-refractivity contribution in [2.75, 3.05) is 40.0 Å². The number of nitrogens with zero attached hydrogens (tertiary/aromatic N) is 1. The quantitative estimate of drug-likeness (QED) is 0.778. The van der Waals surface area contributed by atoms with Crippen molar-refractivity contribution in [2.45, 2.75) is 12.2 Å². The highest BCUT2D eigenvalue weighted by Gasteiger charge is 2.24. The molecule has 148 valence electrons. The van der Waals surface area contributed by atoms with E-state index >= 15 is 0 Å². The van der Waals surface area contributed by atoms with Gasteiger partial charge in [0.15, 0.2) is 0 Å². The minimum Gasteiger partial charge on any atom is -0.497 e. The summed E-state index contributed by atoms with van der Waals surface area (Å²) >= 11 is 0. The second kappa shape index (κ2) is 10.5. The van der Waals surface area contributed by atoms with Crippen molar-refractivity contribution in [3.63, 3.8) is 0 Å². The Kier molecular flexibility index (Phi) is 8.31. The number of benzene rings is 2. The molecule has 27 heavy (non-hydrogen) atoms. The third kappa shape index (κ3) is 6.36. The van der Waals surface area contributed by atoms with E-state index in [0.29, 0.717) is 31.2 Å². The monoisotopic (exact) mass is 397 g/mol. The lowest BCUT2D eigenvalue weighted by Gasteiger charge is -2.34. The van der Waals surface area contributed by atoms with Crippen LogP contribution in [0.5, 0.6) is 11.5 Å². The van der Waals surface area contributed by atoms with Crippen LogP contribution in [0, 0.1) is 5.82 Å². The molecule has 5 nitrogen and oxygen atoms in total. The van der Waals surface area contributed by atoms with E-state index in [4.69, 9.17) is 14.2 Å². The zero-order chi connectivity index (χ0) is 18.4. The molecule has 0 aromatic heterocycles. The van der Waals surface area contributed by atoms with Gasteiger partial charge in [-0.15, -0.1) is 12.4 Å². The summed E-state index contributed by atoms with van der Waals surface area (Å²) in [6.07, 6.45) is -0.821. The van der Waals surface area contributed by atoms with E-state index < -0.39 is 6.10 Å². The first-order chi connectivity index (χ1) is 12.6. The Bertz CT molecular complexity index is 718. The molecule has 3 rings (SSSR count). The van der Waals surface area contributed by atoms with Gasteiger partial charge in [0.1, 0.15) is 30.0 Å². The lowest BCUT2D eigenvalue weighted by Crippen LogP contribution is -2.43. The fourth-order valence-electron chi connectivity index (χ4n) is 3.01. The molecule has 2 unspecified atom stereocenters. The molecule has 1 saturated heterocycles. The maximum atomic E-state index is 13.4.